The van der Waals surface area contributed by atoms with Gasteiger partial charge in [0.15, 0.2) is 11.3 Å². The number of H-pyrrole nitrogens is 1. The normalized spacial score (nSPS) is 15.1. The van der Waals surface area contributed by atoms with Crippen molar-refractivity contribution >= 4 is 33.5 Å². The number of anilines is 1. The van der Waals surface area contributed by atoms with Crippen LogP contribution in [0.3, 0.4) is 0 Å². The van der Waals surface area contributed by atoms with Gasteiger partial charge < -0.3 is 29.1 Å². The highest BCUT2D eigenvalue weighted by molar-refractivity contribution is 6.06. The Morgan fingerprint density at radius 3 is 2.67 bits per heavy atom. The minimum Gasteiger partial charge on any atom is -0.490 e. The van der Waals surface area contributed by atoms with E-state index < -0.39 is 11.5 Å². The Balaban J connectivity index is 1.42. The topological polar surface area (TPSA) is 96.8 Å². The third-order valence-electron chi connectivity index (χ3n) is 6.01. The number of nitrogens with zero attached hydrogens (tertiary/aromatic N) is 1. The van der Waals surface area contributed by atoms with Crippen LogP contribution in [0.4, 0.5) is 5.69 Å². The van der Waals surface area contributed by atoms with Crippen molar-refractivity contribution in [3.63, 3.8) is 0 Å². The molecule has 1 amide bonds. The molecule has 3 heterocycles. The van der Waals surface area contributed by atoms with Crippen LogP contribution in [0.25, 0.3) is 21.9 Å². The van der Waals surface area contributed by atoms with E-state index >= 15 is 0 Å². The van der Waals surface area contributed by atoms with Gasteiger partial charge in [-0.1, -0.05) is 18.2 Å². The Hall–Kier alpha value is -3.78. The van der Waals surface area contributed by atoms with Crippen LogP contribution >= 0.6 is 0 Å². The lowest BCUT2D eigenvalue weighted by atomic mass is 10.1. The summed E-state index contributed by atoms with van der Waals surface area (Å²) in [5, 5.41) is 4.18. The Bertz CT molecular complexity index is 1350. The van der Waals surface area contributed by atoms with Gasteiger partial charge in [-0.15, -0.1) is 0 Å². The molecular weight excluding hydrogens is 422 g/mol. The van der Waals surface area contributed by atoms with Crippen LogP contribution in [-0.2, 0) is 0 Å². The molecule has 1 fully saturated rings. The molecule has 8 nitrogen and oxygen atoms in total. The molecule has 0 unspecified atom stereocenters. The fourth-order valence-electron chi connectivity index (χ4n) is 4.18. The predicted octanol–water partition coefficient (Wildman–Crippen LogP) is 4.01. The molecule has 0 radical (unpaired) electrons. The minimum atomic E-state index is -0.665. The number of hydrogen-bond acceptors (Lipinski definition) is 6. The fraction of sp³-hybridized carbons (Fsp3) is 0.280. The molecule has 5 rings (SSSR count). The summed E-state index contributed by atoms with van der Waals surface area (Å²) in [5.41, 5.74) is 0.876. The molecule has 1 saturated heterocycles. The maximum absolute atomic E-state index is 12.7. The molecule has 0 saturated carbocycles. The summed E-state index contributed by atoms with van der Waals surface area (Å²) >= 11 is 0. The Morgan fingerprint density at radius 2 is 1.91 bits per heavy atom. The summed E-state index contributed by atoms with van der Waals surface area (Å²) in [7, 11) is 3.61. The molecule has 8 heteroatoms. The van der Waals surface area contributed by atoms with Crippen molar-refractivity contribution in [2.45, 2.75) is 18.9 Å². The van der Waals surface area contributed by atoms with Gasteiger partial charge in [-0.3, -0.25) is 4.79 Å². The molecular formula is C25H25N3O5. The van der Waals surface area contributed by atoms with Crippen molar-refractivity contribution in [1.82, 2.24) is 9.88 Å². The zero-order valence-corrected chi connectivity index (χ0v) is 18.5. The molecule has 0 bridgehead atoms. The van der Waals surface area contributed by atoms with Crippen molar-refractivity contribution < 1.29 is 18.7 Å². The van der Waals surface area contributed by atoms with Gasteiger partial charge in [0.1, 0.15) is 17.5 Å². The molecule has 2 N–H and O–H groups in total. The highest BCUT2D eigenvalue weighted by Gasteiger charge is 2.22. The van der Waals surface area contributed by atoms with Gasteiger partial charge in [-0.2, -0.15) is 0 Å². The van der Waals surface area contributed by atoms with Gasteiger partial charge in [-0.25, -0.2) is 4.79 Å². The predicted molar refractivity (Wildman–Crippen MR) is 126 cm³/mol. The quantitative estimate of drug-likeness (QED) is 0.449. The zero-order chi connectivity index (χ0) is 22.9. The number of carbonyl (C=O) groups excluding carboxylic acids is 1. The first-order valence-electron chi connectivity index (χ1n) is 10.9. The number of amides is 1. The summed E-state index contributed by atoms with van der Waals surface area (Å²) in [6.07, 6.45) is 1.91. The average Bonchev–Trinajstić information content (AvgIpc) is 3.26. The number of ether oxygens (including phenoxy) is 2. The Kier molecular flexibility index (Phi) is 5.51. The number of likely N-dealkylation sites (tertiary alicyclic amines) is 1. The smallest absolute Gasteiger partial charge is 0.360 e. The number of aromatic amines is 1. The summed E-state index contributed by atoms with van der Waals surface area (Å²) in [6.45, 7) is 1.93. The van der Waals surface area contributed by atoms with Gasteiger partial charge in [0.2, 0.25) is 5.75 Å². The molecule has 170 valence electrons. The molecule has 0 aliphatic carbocycles. The maximum Gasteiger partial charge on any atom is 0.360 e. The second kappa shape index (κ2) is 8.63. The molecule has 1 aliphatic heterocycles. The largest absolute Gasteiger partial charge is 0.490 e. The third kappa shape index (κ3) is 4.17. The van der Waals surface area contributed by atoms with Crippen LogP contribution in [-0.4, -0.2) is 49.1 Å². The number of piperidine rings is 1. The second-order valence-electron chi connectivity index (χ2n) is 8.31. The van der Waals surface area contributed by atoms with E-state index in [1.165, 1.54) is 7.11 Å². The molecule has 4 aromatic rings. The molecule has 1 aliphatic rings. The van der Waals surface area contributed by atoms with E-state index in [9.17, 15) is 9.59 Å². The summed E-state index contributed by atoms with van der Waals surface area (Å²) in [5.74, 6) is 0.488. The number of hydrogen-bond donors (Lipinski definition) is 2. The number of rotatable bonds is 5. The highest BCUT2D eigenvalue weighted by atomic mass is 16.5. The SMILES string of the molecule is COc1c(OC2CCN(C)CC2)ccc2cc(NC(=O)c3cc4ccccc4[nH]3)c(=O)oc12. The minimum absolute atomic E-state index is 0.0530. The summed E-state index contributed by atoms with van der Waals surface area (Å²) in [6, 6.07) is 14.5. The number of fused-ring (bicyclic) bond motifs is 2. The number of methoxy groups -OCH3 is 1. The van der Waals surface area contributed by atoms with Gasteiger partial charge in [-0.05, 0) is 50.2 Å². The van der Waals surface area contributed by atoms with E-state index in [1.54, 1.807) is 18.2 Å². The van der Waals surface area contributed by atoms with E-state index in [0.29, 0.717) is 22.6 Å². The van der Waals surface area contributed by atoms with E-state index in [1.807, 2.05) is 30.3 Å². The second-order valence-corrected chi connectivity index (χ2v) is 8.31. The Morgan fingerprint density at radius 1 is 1.12 bits per heavy atom. The van der Waals surface area contributed by atoms with Gasteiger partial charge in [0.05, 0.1) is 7.11 Å². The van der Waals surface area contributed by atoms with Crippen LogP contribution in [0, 0.1) is 0 Å². The van der Waals surface area contributed by atoms with E-state index in [2.05, 4.69) is 22.2 Å². The standard InChI is InChI=1S/C25H25N3O5/c1-28-11-9-17(10-12-28)32-21-8-7-16-14-20(25(30)33-22(16)23(21)31-2)27-24(29)19-13-15-5-3-4-6-18(15)26-19/h3-8,13-14,17,26H,9-12H2,1-2H3,(H,27,29). The van der Waals surface area contributed by atoms with Crippen molar-refractivity contribution in [3.05, 3.63) is 64.6 Å². The average molecular weight is 447 g/mol. The number of benzene rings is 2. The summed E-state index contributed by atoms with van der Waals surface area (Å²) in [4.78, 5) is 30.7. The molecule has 2 aromatic carbocycles. The van der Waals surface area contributed by atoms with Crippen molar-refractivity contribution in [1.29, 1.82) is 0 Å². The zero-order valence-electron chi connectivity index (χ0n) is 18.5. The van der Waals surface area contributed by atoms with Crippen molar-refractivity contribution in [3.8, 4) is 11.5 Å². The molecule has 33 heavy (non-hydrogen) atoms. The number of para-hydroxylation sites is 1. The number of nitrogens with one attached hydrogen (secondary N) is 2. The lowest BCUT2D eigenvalue weighted by Crippen LogP contribution is -2.35. The van der Waals surface area contributed by atoms with Crippen LogP contribution in [0.5, 0.6) is 11.5 Å². The van der Waals surface area contributed by atoms with E-state index in [4.69, 9.17) is 13.9 Å². The molecule has 0 atom stereocenters. The Labute approximate surface area is 190 Å². The molecule has 0 spiro atoms. The first-order chi connectivity index (χ1) is 16.0. The number of carbonyl (C=O) groups is 1. The van der Waals surface area contributed by atoms with Gasteiger partial charge >= 0.3 is 5.63 Å². The summed E-state index contributed by atoms with van der Waals surface area (Å²) < 4.78 is 17.3. The van der Waals surface area contributed by atoms with Gasteiger partial charge in [0, 0.05) is 29.4 Å². The lowest BCUT2D eigenvalue weighted by Gasteiger charge is -2.29. The van der Waals surface area contributed by atoms with E-state index in [0.717, 1.165) is 36.8 Å². The first-order valence-corrected chi connectivity index (χ1v) is 10.9. The first kappa shape index (κ1) is 21.1. The molecule has 2 aromatic heterocycles. The third-order valence-corrected chi connectivity index (χ3v) is 6.01. The highest BCUT2D eigenvalue weighted by Crippen LogP contribution is 2.37. The maximum atomic E-state index is 12.7. The fourth-order valence-corrected chi connectivity index (χ4v) is 4.18. The van der Waals surface area contributed by atoms with E-state index in [-0.39, 0.29) is 17.4 Å². The van der Waals surface area contributed by atoms with Crippen LogP contribution in [0.2, 0.25) is 0 Å². The van der Waals surface area contributed by atoms with Crippen molar-refractivity contribution in [2.75, 3.05) is 32.6 Å². The monoisotopic (exact) mass is 447 g/mol. The van der Waals surface area contributed by atoms with Gasteiger partial charge in [0.25, 0.3) is 5.91 Å². The van der Waals surface area contributed by atoms with Crippen LogP contribution in [0.15, 0.2) is 57.7 Å². The van der Waals surface area contributed by atoms with Crippen LogP contribution in [0.1, 0.15) is 23.3 Å². The lowest BCUT2D eigenvalue weighted by molar-refractivity contribution is 0.102. The van der Waals surface area contributed by atoms with Crippen molar-refractivity contribution in [2.24, 2.45) is 0 Å². The van der Waals surface area contributed by atoms with Crippen LogP contribution < -0.4 is 20.4 Å². The number of aromatic nitrogens is 1.